The Labute approximate surface area is 318 Å². The molecule has 54 heavy (non-hydrogen) atoms. The lowest BCUT2D eigenvalue weighted by molar-refractivity contribution is 0.596. The van der Waals surface area contributed by atoms with Crippen molar-refractivity contribution < 1.29 is 0 Å². The van der Waals surface area contributed by atoms with Gasteiger partial charge in [0, 0.05) is 44.6 Å². The van der Waals surface area contributed by atoms with E-state index in [0.717, 1.165) is 12.0 Å². The summed E-state index contributed by atoms with van der Waals surface area (Å²) in [6, 6.07) is 43.3. The lowest BCUT2D eigenvalue weighted by Crippen LogP contribution is -2.40. The van der Waals surface area contributed by atoms with Crippen molar-refractivity contribution in [1.29, 1.82) is 0 Å². The molecule has 260 valence electrons. The molecule has 2 heteroatoms. The molecule has 0 amide bonds. The van der Waals surface area contributed by atoms with E-state index in [0.29, 0.717) is 5.92 Å². The van der Waals surface area contributed by atoms with E-state index in [1.54, 1.807) is 0 Å². The number of hydrogen-bond acceptors (Lipinski definition) is 2. The first-order valence-electron chi connectivity index (χ1n) is 19.3. The summed E-state index contributed by atoms with van der Waals surface area (Å²) in [5.41, 5.74) is 20.2. The lowest BCUT2D eigenvalue weighted by atomic mass is 9.63. The Morgan fingerprint density at radius 2 is 1.30 bits per heavy atom. The number of para-hydroxylation sites is 3. The molecule has 1 unspecified atom stereocenters. The average molecular weight is 695 g/mol. The average Bonchev–Trinajstić information content (AvgIpc) is 3.20. The van der Waals surface area contributed by atoms with Crippen molar-refractivity contribution >= 4 is 44.8 Å². The quantitative estimate of drug-likeness (QED) is 0.181. The maximum absolute atomic E-state index is 4.84. The molecule has 0 spiro atoms. The van der Waals surface area contributed by atoms with Crippen LogP contribution >= 0.6 is 0 Å². The van der Waals surface area contributed by atoms with E-state index < -0.39 is 0 Å². The van der Waals surface area contributed by atoms with Crippen LogP contribution in [0.2, 0.25) is 0 Å². The van der Waals surface area contributed by atoms with Gasteiger partial charge < -0.3 is 9.80 Å². The molecule has 6 aromatic carbocycles. The standard InChI is InChI=1S/C52H42N2/c1-32-38-21-13-22-43-48(38)54-49-42(32)30-35(31-46(49)52(4,5)45-24-14-23-44(50(45)54)51(43,2)3)39-27-28-47(41-20-12-11-19-40(39)41)53(36-17-7-6-8-18-36)37-26-25-33-15-9-10-16-34(33)29-37/h6-28,30-31,34H,1,29H2,2-5H3. The topological polar surface area (TPSA) is 6.48 Å². The summed E-state index contributed by atoms with van der Waals surface area (Å²) in [5.74, 6) is 0.379. The van der Waals surface area contributed by atoms with Gasteiger partial charge in [-0.15, -0.1) is 0 Å². The summed E-state index contributed by atoms with van der Waals surface area (Å²) in [7, 11) is 0. The Hall–Kier alpha value is -6.12. The highest BCUT2D eigenvalue weighted by atomic mass is 15.2. The van der Waals surface area contributed by atoms with Gasteiger partial charge in [0.1, 0.15) is 0 Å². The van der Waals surface area contributed by atoms with Crippen molar-refractivity contribution in [1.82, 2.24) is 0 Å². The molecule has 0 bridgehead atoms. The molecule has 5 aliphatic rings. The Kier molecular flexibility index (Phi) is 6.38. The van der Waals surface area contributed by atoms with E-state index in [-0.39, 0.29) is 10.8 Å². The van der Waals surface area contributed by atoms with Gasteiger partial charge in [-0.2, -0.15) is 0 Å². The number of fused-ring (bicyclic) bond motifs is 2. The maximum atomic E-state index is 4.84. The van der Waals surface area contributed by atoms with E-state index in [2.05, 4.69) is 189 Å². The highest BCUT2D eigenvalue weighted by Crippen LogP contribution is 2.65. The second-order valence-electron chi connectivity index (χ2n) is 16.6. The van der Waals surface area contributed by atoms with Crippen molar-refractivity contribution in [3.8, 4) is 11.1 Å². The monoisotopic (exact) mass is 694 g/mol. The van der Waals surface area contributed by atoms with E-state index in [4.69, 9.17) is 6.58 Å². The fraction of sp³-hybridized carbons (Fsp3) is 0.154. The molecule has 3 aliphatic heterocycles. The summed E-state index contributed by atoms with van der Waals surface area (Å²) in [4.78, 5) is 5.08. The first-order chi connectivity index (χ1) is 26.2. The summed E-state index contributed by atoms with van der Waals surface area (Å²) >= 11 is 0. The maximum Gasteiger partial charge on any atom is 0.0581 e. The molecule has 0 radical (unpaired) electrons. The molecular formula is C52H42N2. The Morgan fingerprint density at radius 1 is 0.611 bits per heavy atom. The third kappa shape index (κ3) is 4.11. The van der Waals surface area contributed by atoms with Crippen molar-refractivity contribution in [2.45, 2.75) is 44.9 Å². The van der Waals surface area contributed by atoms with Crippen LogP contribution in [0.4, 0.5) is 28.4 Å². The first kappa shape index (κ1) is 31.4. The molecule has 0 saturated carbocycles. The normalized spacial score (nSPS) is 18.9. The number of allylic oxidation sites excluding steroid dienone is 8. The molecule has 0 aromatic heterocycles. The van der Waals surface area contributed by atoms with Gasteiger partial charge in [-0.05, 0) is 92.7 Å². The Bertz CT molecular complexity index is 2770. The van der Waals surface area contributed by atoms with Crippen LogP contribution in [0.5, 0.6) is 0 Å². The van der Waals surface area contributed by atoms with Gasteiger partial charge in [0.15, 0.2) is 0 Å². The molecule has 0 saturated heterocycles. The zero-order valence-corrected chi connectivity index (χ0v) is 31.3. The van der Waals surface area contributed by atoms with Gasteiger partial charge in [-0.3, -0.25) is 0 Å². The van der Waals surface area contributed by atoms with Gasteiger partial charge in [-0.1, -0.05) is 150 Å². The molecule has 11 rings (SSSR count). The minimum Gasteiger partial charge on any atom is -0.314 e. The number of hydrogen-bond donors (Lipinski definition) is 0. The number of nitrogens with zero attached hydrogens (tertiary/aromatic N) is 2. The van der Waals surface area contributed by atoms with E-state index >= 15 is 0 Å². The van der Waals surface area contributed by atoms with Crippen molar-refractivity contribution in [2.24, 2.45) is 5.92 Å². The van der Waals surface area contributed by atoms with Crippen LogP contribution in [0.1, 0.15) is 67.5 Å². The fourth-order valence-electron chi connectivity index (χ4n) is 10.2. The number of rotatable bonds is 4. The first-order valence-corrected chi connectivity index (χ1v) is 19.3. The van der Waals surface area contributed by atoms with Crippen LogP contribution in [0.15, 0.2) is 170 Å². The molecule has 2 nitrogen and oxygen atoms in total. The molecule has 3 heterocycles. The van der Waals surface area contributed by atoms with Crippen LogP contribution in [0.3, 0.4) is 0 Å². The Balaban J connectivity index is 1.13. The predicted octanol–water partition coefficient (Wildman–Crippen LogP) is 13.7. The SMILES string of the molecule is C=C1c2cccc3c2N2c4c1cc(-c1ccc(N(C5=CC=C6C=CC=CC6C5)c5ccccc5)c5ccccc15)cc4C(C)(C)c1cccc(c12)C3(C)C. The highest BCUT2D eigenvalue weighted by Gasteiger charge is 2.49. The summed E-state index contributed by atoms with van der Waals surface area (Å²) in [5, 5.41) is 2.48. The van der Waals surface area contributed by atoms with Crippen LogP contribution < -0.4 is 9.80 Å². The van der Waals surface area contributed by atoms with Gasteiger partial charge >= 0.3 is 0 Å². The summed E-state index contributed by atoms with van der Waals surface area (Å²) < 4.78 is 0. The smallest absolute Gasteiger partial charge is 0.0581 e. The molecular weight excluding hydrogens is 653 g/mol. The molecule has 2 aliphatic carbocycles. The van der Waals surface area contributed by atoms with Gasteiger partial charge in [-0.25, -0.2) is 0 Å². The van der Waals surface area contributed by atoms with Crippen LogP contribution in [-0.4, -0.2) is 0 Å². The van der Waals surface area contributed by atoms with Crippen LogP contribution in [0.25, 0.3) is 27.5 Å². The van der Waals surface area contributed by atoms with Gasteiger partial charge in [0.25, 0.3) is 0 Å². The van der Waals surface area contributed by atoms with Crippen LogP contribution in [-0.2, 0) is 10.8 Å². The van der Waals surface area contributed by atoms with Crippen molar-refractivity contribution in [2.75, 3.05) is 9.80 Å². The number of benzene rings is 6. The number of anilines is 5. The summed E-state index contributed by atoms with van der Waals surface area (Å²) in [6.07, 6.45) is 14.5. The van der Waals surface area contributed by atoms with E-state index in [1.165, 1.54) is 95.0 Å². The highest BCUT2D eigenvalue weighted by molar-refractivity contribution is 6.10. The molecule has 0 N–H and O–H groups in total. The molecule has 0 fully saturated rings. The zero-order chi connectivity index (χ0) is 36.5. The minimum absolute atomic E-state index is 0.122. The van der Waals surface area contributed by atoms with E-state index in [1.807, 2.05) is 0 Å². The second kappa shape index (κ2) is 11.0. The van der Waals surface area contributed by atoms with Crippen LogP contribution in [0, 0.1) is 5.92 Å². The van der Waals surface area contributed by atoms with E-state index in [9.17, 15) is 0 Å². The second-order valence-corrected chi connectivity index (χ2v) is 16.6. The van der Waals surface area contributed by atoms with Crippen molar-refractivity contribution in [3.05, 3.63) is 203 Å². The fourth-order valence-corrected chi connectivity index (χ4v) is 10.2. The predicted molar refractivity (Wildman–Crippen MR) is 228 cm³/mol. The third-order valence-electron chi connectivity index (χ3n) is 13.0. The minimum atomic E-state index is -0.218. The molecule has 1 atom stereocenters. The zero-order valence-electron chi connectivity index (χ0n) is 31.3. The lowest BCUT2D eigenvalue weighted by Gasteiger charge is -2.52. The molecule has 6 aromatic rings. The third-order valence-corrected chi connectivity index (χ3v) is 13.0. The Morgan fingerprint density at radius 3 is 2.09 bits per heavy atom. The van der Waals surface area contributed by atoms with Crippen molar-refractivity contribution in [3.63, 3.8) is 0 Å². The summed E-state index contributed by atoms with van der Waals surface area (Å²) in [6.45, 7) is 14.4. The van der Waals surface area contributed by atoms with Gasteiger partial charge in [0.2, 0.25) is 0 Å². The largest absolute Gasteiger partial charge is 0.314 e. The van der Waals surface area contributed by atoms with Gasteiger partial charge in [0.05, 0.1) is 22.7 Å².